The molecule has 0 unspecified atom stereocenters. The fourth-order valence-electron chi connectivity index (χ4n) is 3.63. The molecular weight excluding hydrogens is 400 g/mol. The van der Waals surface area contributed by atoms with Crippen LogP contribution in [0.4, 0.5) is 5.69 Å². The topological polar surface area (TPSA) is 33.7 Å². The van der Waals surface area contributed by atoms with Crippen LogP contribution in [0.1, 0.15) is 31.9 Å². The first-order valence-corrected chi connectivity index (χ1v) is 9.53. The number of rotatable bonds is 3. The van der Waals surface area contributed by atoms with Gasteiger partial charge in [0.05, 0.1) is 18.3 Å². The van der Waals surface area contributed by atoms with Gasteiger partial charge in [-0.15, -0.1) is 0 Å². The Hall–Kier alpha value is -1.79. The number of thiocarbonyl (C=S) groups is 1. The number of anilines is 1. The highest BCUT2D eigenvalue weighted by Crippen LogP contribution is 2.47. The molecule has 0 saturated carbocycles. The van der Waals surface area contributed by atoms with Crippen LogP contribution in [-0.4, -0.2) is 17.4 Å². The van der Waals surface area contributed by atoms with Crippen molar-refractivity contribution >= 4 is 38.9 Å². The Bertz CT molecular complexity index is 844. The normalized spacial score (nSPS) is 24.2. The molecule has 130 valence electrons. The second-order valence-corrected chi connectivity index (χ2v) is 7.70. The molecule has 0 amide bonds. The van der Waals surface area contributed by atoms with Crippen molar-refractivity contribution in [3.63, 3.8) is 0 Å². The third-order valence-corrected chi connectivity index (χ3v) is 5.43. The number of nitrogens with zero attached hydrogens (tertiary/aromatic N) is 1. The molecule has 0 spiro atoms. The second-order valence-electron chi connectivity index (χ2n) is 6.40. The Labute approximate surface area is 161 Å². The van der Waals surface area contributed by atoms with Crippen LogP contribution in [0, 0.1) is 0 Å². The van der Waals surface area contributed by atoms with E-state index in [9.17, 15) is 0 Å². The lowest BCUT2D eigenvalue weighted by molar-refractivity contribution is 0.0493. The summed E-state index contributed by atoms with van der Waals surface area (Å²) >= 11 is 9.25. The van der Waals surface area contributed by atoms with Crippen LogP contribution in [0.2, 0.25) is 0 Å². The molecule has 2 aliphatic heterocycles. The van der Waals surface area contributed by atoms with Gasteiger partial charge in [0.15, 0.2) is 10.8 Å². The van der Waals surface area contributed by atoms with Gasteiger partial charge in [-0.2, -0.15) is 0 Å². The van der Waals surface area contributed by atoms with Crippen molar-refractivity contribution in [3.8, 4) is 11.5 Å². The fraction of sp³-hybridized carbons (Fsp3) is 0.316. The third kappa shape index (κ3) is 2.77. The minimum atomic E-state index is -0.568. The molecule has 2 aromatic carbocycles. The molecule has 25 heavy (non-hydrogen) atoms. The summed E-state index contributed by atoms with van der Waals surface area (Å²) in [5.74, 6) is 1.69. The minimum absolute atomic E-state index is 0.134. The van der Waals surface area contributed by atoms with Gasteiger partial charge in [0.25, 0.3) is 0 Å². The van der Waals surface area contributed by atoms with Gasteiger partial charge in [-0.3, -0.25) is 4.90 Å². The Morgan fingerprint density at radius 1 is 1.36 bits per heavy atom. The molecule has 2 bridgehead atoms. The van der Waals surface area contributed by atoms with Crippen LogP contribution < -0.4 is 19.7 Å². The monoisotopic (exact) mass is 418 g/mol. The largest absolute Gasteiger partial charge is 0.492 e. The summed E-state index contributed by atoms with van der Waals surface area (Å²) in [5.41, 5.74) is 1.48. The highest BCUT2D eigenvalue weighted by Gasteiger charge is 2.49. The van der Waals surface area contributed by atoms with Crippen molar-refractivity contribution < 1.29 is 9.47 Å². The molecule has 1 saturated heterocycles. The first-order chi connectivity index (χ1) is 12.0. The summed E-state index contributed by atoms with van der Waals surface area (Å²) in [6.45, 7) is 4.66. The molecule has 2 atom stereocenters. The molecule has 0 aliphatic carbocycles. The number of halogens is 1. The third-order valence-electron chi connectivity index (χ3n) is 4.64. The Kier molecular flexibility index (Phi) is 4.12. The van der Waals surface area contributed by atoms with Crippen LogP contribution in [0.25, 0.3) is 0 Å². The van der Waals surface area contributed by atoms with Gasteiger partial charge in [0.1, 0.15) is 11.5 Å². The van der Waals surface area contributed by atoms with Crippen LogP contribution >= 0.6 is 28.1 Å². The van der Waals surface area contributed by atoms with Gasteiger partial charge in [0.2, 0.25) is 0 Å². The highest BCUT2D eigenvalue weighted by atomic mass is 79.9. The summed E-state index contributed by atoms with van der Waals surface area (Å²) in [6, 6.07) is 14.2. The van der Waals surface area contributed by atoms with Gasteiger partial charge in [-0.05, 0) is 56.4 Å². The van der Waals surface area contributed by atoms with E-state index in [1.807, 2.05) is 48.2 Å². The molecule has 0 aromatic heterocycles. The van der Waals surface area contributed by atoms with Crippen LogP contribution in [-0.2, 0) is 0 Å². The van der Waals surface area contributed by atoms with Crippen molar-refractivity contribution in [2.45, 2.75) is 32.0 Å². The minimum Gasteiger partial charge on any atom is -0.492 e. The van der Waals surface area contributed by atoms with Gasteiger partial charge in [-0.1, -0.05) is 28.1 Å². The number of fused-ring (bicyclic) bond motifs is 4. The van der Waals surface area contributed by atoms with Crippen molar-refractivity contribution in [2.24, 2.45) is 0 Å². The maximum atomic E-state index is 6.44. The van der Waals surface area contributed by atoms with E-state index in [1.54, 1.807) is 0 Å². The average Bonchev–Trinajstić information content (AvgIpc) is 2.57. The van der Waals surface area contributed by atoms with E-state index in [0.717, 1.165) is 33.6 Å². The van der Waals surface area contributed by atoms with Crippen molar-refractivity contribution in [1.82, 2.24) is 5.32 Å². The van der Waals surface area contributed by atoms with Crippen molar-refractivity contribution in [3.05, 3.63) is 52.5 Å². The van der Waals surface area contributed by atoms with E-state index in [1.165, 1.54) is 0 Å². The highest BCUT2D eigenvalue weighted by molar-refractivity contribution is 9.10. The number of hydrogen-bond acceptors (Lipinski definition) is 3. The molecule has 1 fully saturated rings. The van der Waals surface area contributed by atoms with E-state index in [-0.39, 0.29) is 6.04 Å². The molecule has 2 aromatic rings. The Morgan fingerprint density at radius 2 is 2.16 bits per heavy atom. The molecule has 2 heterocycles. The number of hydrogen-bond donors (Lipinski definition) is 1. The molecular formula is C19H19BrN2O2S. The van der Waals surface area contributed by atoms with Crippen LogP contribution in [0.3, 0.4) is 0 Å². The standard InChI is InChI=1S/C19H19BrN2O2S/c1-3-23-17-7-5-4-6-15(17)22-18(25)21-14-11-19(22,2)24-16-9-8-12(20)10-13(14)16/h4-10,14H,3,11H2,1-2H3,(H,21,25)/t14-,19+/m0/s1. The molecule has 4 nitrogen and oxygen atoms in total. The average molecular weight is 419 g/mol. The maximum absolute atomic E-state index is 6.44. The number of ether oxygens (including phenoxy) is 2. The van der Waals surface area contributed by atoms with Crippen LogP contribution in [0.15, 0.2) is 46.9 Å². The summed E-state index contributed by atoms with van der Waals surface area (Å²) < 4.78 is 13.3. The molecule has 2 aliphatic rings. The van der Waals surface area contributed by atoms with Crippen molar-refractivity contribution in [1.29, 1.82) is 0 Å². The summed E-state index contributed by atoms with van der Waals surface area (Å²) in [5, 5.41) is 4.12. The number of nitrogens with one attached hydrogen (secondary N) is 1. The first-order valence-electron chi connectivity index (χ1n) is 8.33. The lowest BCUT2D eigenvalue weighted by Crippen LogP contribution is -2.65. The van der Waals surface area contributed by atoms with Gasteiger partial charge in [0, 0.05) is 16.5 Å². The summed E-state index contributed by atoms with van der Waals surface area (Å²) in [4.78, 5) is 2.04. The smallest absolute Gasteiger partial charge is 0.188 e. The number of para-hydroxylation sites is 2. The van der Waals surface area contributed by atoms with E-state index in [4.69, 9.17) is 21.7 Å². The fourth-order valence-corrected chi connectivity index (χ4v) is 4.44. The van der Waals surface area contributed by atoms with E-state index in [0.29, 0.717) is 11.7 Å². The SMILES string of the molecule is CCOc1ccccc1N1C(=S)N[C@H]2C[C@@]1(C)Oc1ccc(Br)cc12. The van der Waals surface area contributed by atoms with Crippen LogP contribution in [0.5, 0.6) is 11.5 Å². The molecule has 0 radical (unpaired) electrons. The Morgan fingerprint density at radius 3 is 2.96 bits per heavy atom. The zero-order valence-corrected chi connectivity index (χ0v) is 16.5. The van der Waals surface area contributed by atoms with Gasteiger partial charge in [-0.25, -0.2) is 0 Å². The second kappa shape index (κ2) is 6.18. The number of benzene rings is 2. The maximum Gasteiger partial charge on any atom is 0.188 e. The zero-order chi connectivity index (χ0) is 17.6. The molecule has 1 N–H and O–H groups in total. The quantitative estimate of drug-likeness (QED) is 0.725. The van der Waals surface area contributed by atoms with Gasteiger partial charge >= 0.3 is 0 Å². The lowest BCUT2D eigenvalue weighted by atomic mass is 9.90. The zero-order valence-electron chi connectivity index (χ0n) is 14.1. The molecule has 6 heteroatoms. The van der Waals surface area contributed by atoms with Gasteiger partial charge < -0.3 is 14.8 Å². The summed E-state index contributed by atoms with van der Waals surface area (Å²) in [6.07, 6.45) is 0.789. The predicted octanol–water partition coefficient (Wildman–Crippen LogP) is 4.78. The van der Waals surface area contributed by atoms with E-state index >= 15 is 0 Å². The lowest BCUT2D eigenvalue weighted by Gasteiger charge is -2.52. The van der Waals surface area contributed by atoms with E-state index < -0.39 is 5.72 Å². The van der Waals surface area contributed by atoms with E-state index in [2.05, 4.69) is 34.2 Å². The first kappa shape index (κ1) is 16.7. The predicted molar refractivity (Wildman–Crippen MR) is 106 cm³/mol. The molecule has 4 rings (SSSR count). The van der Waals surface area contributed by atoms with Crippen molar-refractivity contribution in [2.75, 3.05) is 11.5 Å². The Balaban J connectivity index is 1.80. The summed E-state index contributed by atoms with van der Waals surface area (Å²) in [7, 11) is 0.